The molecule has 3 rings (SSSR count). The molecule has 0 saturated carbocycles. The highest BCUT2D eigenvalue weighted by molar-refractivity contribution is 7.10. The minimum Gasteiger partial charge on any atom is -0.337 e. The lowest BCUT2D eigenvalue weighted by Gasteiger charge is -2.29. The average Bonchev–Trinajstić information content (AvgIpc) is 3.08. The predicted molar refractivity (Wildman–Crippen MR) is 112 cm³/mol. The Morgan fingerprint density at radius 1 is 1.25 bits per heavy atom. The number of hydrogen-bond acceptors (Lipinski definition) is 4. The molecule has 0 spiro atoms. The fourth-order valence-corrected chi connectivity index (χ4v) is 4.51. The maximum absolute atomic E-state index is 13.3. The van der Waals surface area contributed by atoms with Gasteiger partial charge in [-0.25, -0.2) is 0 Å². The monoisotopic (exact) mass is 418 g/mol. The summed E-state index contributed by atoms with van der Waals surface area (Å²) in [4.78, 5) is 41.9. The molecule has 0 fully saturated rings. The molecule has 2 heterocycles. The maximum Gasteiger partial charge on any atom is 0.260 e. The standard InChI is InChI=1S/C21H23ClN2O3S/c1-13(2)19(26)10-24(21(27)15-6-4-5-7-17(15)22)18-12-28-20-11-23(14(3)25)9-8-16(18)20/h4-7,12-13H,8-11H2,1-3H3. The van der Waals surface area contributed by atoms with Crippen LogP contribution >= 0.6 is 22.9 Å². The molecule has 1 aromatic heterocycles. The van der Waals surface area contributed by atoms with E-state index in [-0.39, 0.29) is 30.1 Å². The van der Waals surface area contributed by atoms with Crippen LogP contribution in [0.1, 0.15) is 41.6 Å². The fourth-order valence-electron chi connectivity index (χ4n) is 3.19. The summed E-state index contributed by atoms with van der Waals surface area (Å²) in [6.45, 7) is 6.37. The van der Waals surface area contributed by atoms with Gasteiger partial charge in [0, 0.05) is 29.6 Å². The van der Waals surface area contributed by atoms with E-state index in [1.54, 1.807) is 41.0 Å². The molecule has 5 nitrogen and oxygen atoms in total. The Morgan fingerprint density at radius 3 is 2.61 bits per heavy atom. The Balaban J connectivity index is 1.99. The van der Waals surface area contributed by atoms with Crippen molar-refractivity contribution in [1.82, 2.24) is 4.90 Å². The minimum absolute atomic E-state index is 0.00131. The van der Waals surface area contributed by atoms with E-state index in [1.807, 2.05) is 19.2 Å². The minimum atomic E-state index is -0.283. The molecule has 148 valence electrons. The van der Waals surface area contributed by atoms with Gasteiger partial charge in [-0.1, -0.05) is 37.6 Å². The first-order valence-electron chi connectivity index (χ1n) is 9.23. The van der Waals surface area contributed by atoms with Crippen LogP contribution in [0.5, 0.6) is 0 Å². The highest BCUT2D eigenvalue weighted by atomic mass is 35.5. The number of halogens is 1. The second kappa shape index (κ2) is 8.45. The zero-order valence-corrected chi connectivity index (χ0v) is 17.8. The fraction of sp³-hybridized carbons (Fsp3) is 0.381. The molecule has 1 aliphatic rings. The molecule has 0 N–H and O–H groups in total. The summed E-state index contributed by atoms with van der Waals surface area (Å²) in [6, 6.07) is 6.87. The average molecular weight is 419 g/mol. The molecule has 0 unspecified atom stereocenters. The number of hydrogen-bond donors (Lipinski definition) is 0. The van der Waals surface area contributed by atoms with Crippen molar-refractivity contribution in [2.45, 2.75) is 33.7 Å². The van der Waals surface area contributed by atoms with Crippen molar-refractivity contribution in [3.63, 3.8) is 0 Å². The Bertz CT molecular complexity index is 922. The third-order valence-electron chi connectivity index (χ3n) is 4.97. The normalized spacial score (nSPS) is 13.4. The summed E-state index contributed by atoms with van der Waals surface area (Å²) >= 11 is 7.77. The van der Waals surface area contributed by atoms with Crippen LogP contribution in [0.2, 0.25) is 5.02 Å². The number of thiophene rings is 1. The lowest BCUT2D eigenvalue weighted by Crippen LogP contribution is -2.39. The number of fused-ring (bicyclic) bond motifs is 1. The van der Waals surface area contributed by atoms with Crippen molar-refractivity contribution in [2.75, 3.05) is 18.0 Å². The summed E-state index contributed by atoms with van der Waals surface area (Å²) in [7, 11) is 0. The number of ketones is 1. The van der Waals surface area contributed by atoms with Gasteiger partial charge in [-0.15, -0.1) is 11.3 Å². The summed E-state index contributed by atoms with van der Waals surface area (Å²) in [5, 5.41) is 2.28. The molecule has 2 aromatic rings. The van der Waals surface area contributed by atoms with Gasteiger partial charge in [0.1, 0.15) is 0 Å². The summed E-state index contributed by atoms with van der Waals surface area (Å²) in [5.41, 5.74) is 2.17. The van der Waals surface area contributed by atoms with E-state index in [1.165, 1.54) is 11.3 Å². The number of nitrogens with zero attached hydrogens (tertiary/aromatic N) is 2. The molecule has 0 bridgehead atoms. The first kappa shape index (κ1) is 20.6. The zero-order chi connectivity index (χ0) is 20.4. The van der Waals surface area contributed by atoms with E-state index < -0.39 is 0 Å². The van der Waals surface area contributed by atoms with E-state index in [0.29, 0.717) is 30.1 Å². The van der Waals surface area contributed by atoms with E-state index in [9.17, 15) is 14.4 Å². The number of carbonyl (C=O) groups is 3. The second-order valence-corrected chi connectivity index (χ2v) is 8.58. The molecular formula is C21H23ClN2O3S. The third kappa shape index (κ3) is 4.13. The molecular weight excluding hydrogens is 396 g/mol. The molecule has 28 heavy (non-hydrogen) atoms. The van der Waals surface area contributed by atoms with Gasteiger partial charge in [0.25, 0.3) is 5.91 Å². The number of benzene rings is 1. The highest BCUT2D eigenvalue weighted by Crippen LogP contribution is 2.36. The summed E-state index contributed by atoms with van der Waals surface area (Å²) in [5.74, 6) is -0.431. The SMILES string of the molecule is CC(=O)N1CCc2c(N(CC(=O)C(C)C)C(=O)c3ccccc3Cl)csc2C1. The van der Waals surface area contributed by atoms with Gasteiger partial charge in [0.15, 0.2) is 5.78 Å². The molecule has 0 aliphatic carbocycles. The van der Waals surface area contributed by atoms with Gasteiger partial charge in [0.05, 0.1) is 29.4 Å². The molecule has 0 saturated heterocycles. The molecule has 2 amide bonds. The number of amides is 2. The second-order valence-electron chi connectivity index (χ2n) is 7.21. The molecule has 1 aromatic carbocycles. The molecule has 0 atom stereocenters. The molecule has 0 radical (unpaired) electrons. The first-order valence-corrected chi connectivity index (χ1v) is 10.5. The predicted octanol–water partition coefficient (Wildman–Crippen LogP) is 4.18. The first-order chi connectivity index (χ1) is 13.3. The molecule has 7 heteroatoms. The number of anilines is 1. The van der Waals surface area contributed by atoms with E-state index in [4.69, 9.17) is 11.6 Å². The van der Waals surface area contributed by atoms with Gasteiger partial charge in [-0.2, -0.15) is 0 Å². The van der Waals surface area contributed by atoms with E-state index in [0.717, 1.165) is 16.1 Å². The van der Waals surface area contributed by atoms with Crippen LogP contribution in [0.25, 0.3) is 0 Å². The van der Waals surface area contributed by atoms with Crippen molar-refractivity contribution in [3.05, 3.63) is 50.7 Å². The number of rotatable bonds is 5. The van der Waals surface area contributed by atoms with Gasteiger partial charge in [0.2, 0.25) is 5.91 Å². The van der Waals surface area contributed by atoms with Crippen LogP contribution < -0.4 is 4.90 Å². The van der Waals surface area contributed by atoms with Crippen molar-refractivity contribution < 1.29 is 14.4 Å². The molecule has 1 aliphatic heterocycles. The quantitative estimate of drug-likeness (QED) is 0.731. The van der Waals surface area contributed by atoms with Crippen molar-refractivity contribution in [2.24, 2.45) is 5.92 Å². The van der Waals surface area contributed by atoms with Crippen molar-refractivity contribution in [3.8, 4) is 0 Å². The number of carbonyl (C=O) groups excluding carboxylic acids is 3. The number of Topliss-reactive ketones (excluding diaryl/α,β-unsaturated/α-hetero) is 1. The largest absolute Gasteiger partial charge is 0.337 e. The van der Waals surface area contributed by atoms with Gasteiger partial charge >= 0.3 is 0 Å². The van der Waals surface area contributed by atoms with Crippen molar-refractivity contribution in [1.29, 1.82) is 0 Å². The summed E-state index contributed by atoms with van der Waals surface area (Å²) < 4.78 is 0. The zero-order valence-electron chi connectivity index (χ0n) is 16.2. The van der Waals surface area contributed by atoms with Crippen LogP contribution in [-0.4, -0.2) is 35.6 Å². The van der Waals surface area contributed by atoms with Gasteiger partial charge in [-0.3, -0.25) is 19.3 Å². The lowest BCUT2D eigenvalue weighted by atomic mass is 10.0. The Labute approximate surface area is 173 Å². The topological polar surface area (TPSA) is 57.7 Å². The Hall–Kier alpha value is -2.18. The van der Waals surface area contributed by atoms with Crippen LogP contribution in [0.15, 0.2) is 29.6 Å². The van der Waals surface area contributed by atoms with E-state index >= 15 is 0 Å². The van der Waals surface area contributed by atoms with Gasteiger partial charge in [-0.05, 0) is 24.1 Å². The van der Waals surface area contributed by atoms with Crippen LogP contribution in [0.3, 0.4) is 0 Å². The Morgan fingerprint density at radius 2 is 1.96 bits per heavy atom. The van der Waals surface area contributed by atoms with E-state index in [2.05, 4.69) is 0 Å². The van der Waals surface area contributed by atoms with Crippen molar-refractivity contribution >= 4 is 46.2 Å². The van der Waals surface area contributed by atoms with Crippen LogP contribution in [-0.2, 0) is 22.6 Å². The smallest absolute Gasteiger partial charge is 0.260 e. The summed E-state index contributed by atoms with van der Waals surface area (Å²) in [6.07, 6.45) is 0.663. The van der Waals surface area contributed by atoms with Gasteiger partial charge < -0.3 is 4.90 Å². The Kier molecular flexibility index (Phi) is 6.20. The maximum atomic E-state index is 13.3. The van der Waals surface area contributed by atoms with Crippen LogP contribution in [0.4, 0.5) is 5.69 Å². The van der Waals surface area contributed by atoms with Crippen LogP contribution in [0, 0.1) is 5.92 Å². The lowest BCUT2D eigenvalue weighted by molar-refractivity contribution is -0.129. The third-order valence-corrected chi connectivity index (χ3v) is 6.30. The highest BCUT2D eigenvalue weighted by Gasteiger charge is 2.30.